The number of para-hydroxylation sites is 1. The minimum atomic E-state index is -0.933. The molecule has 0 heterocycles. The van der Waals surface area contributed by atoms with Crippen molar-refractivity contribution >= 4 is 45.6 Å². The molecule has 0 radical (unpaired) electrons. The highest BCUT2D eigenvalue weighted by molar-refractivity contribution is 9.10. The van der Waals surface area contributed by atoms with Crippen molar-refractivity contribution in [2.24, 2.45) is 5.10 Å². The lowest BCUT2D eigenvalue weighted by Gasteiger charge is -2.08. The number of nitrogens with one attached hydrogen (secondary N) is 2. The van der Waals surface area contributed by atoms with Gasteiger partial charge in [0.2, 0.25) is 0 Å². The topological polar surface area (TPSA) is 96.9 Å². The van der Waals surface area contributed by atoms with E-state index >= 15 is 0 Å². The molecule has 3 aromatic rings. The van der Waals surface area contributed by atoms with Crippen LogP contribution in [-0.2, 0) is 9.59 Å². The first kappa shape index (κ1) is 22.9. The zero-order valence-electron chi connectivity index (χ0n) is 17.4. The monoisotopic (exact) mass is 493 g/mol. The van der Waals surface area contributed by atoms with Crippen LogP contribution in [0.15, 0.2) is 76.3 Å². The average molecular weight is 494 g/mol. The number of halogens is 1. The normalized spacial score (nSPS) is 10.6. The van der Waals surface area contributed by atoms with Gasteiger partial charge in [-0.3, -0.25) is 9.59 Å². The number of amides is 2. The highest BCUT2D eigenvalue weighted by atomic mass is 79.9. The zero-order chi connectivity index (χ0) is 23.1. The Labute approximate surface area is 193 Å². The molecule has 0 aliphatic heterocycles. The Morgan fingerprint density at radius 3 is 2.38 bits per heavy atom. The van der Waals surface area contributed by atoms with E-state index in [0.29, 0.717) is 16.8 Å². The van der Waals surface area contributed by atoms with Gasteiger partial charge >= 0.3 is 17.8 Å². The van der Waals surface area contributed by atoms with E-state index in [0.717, 1.165) is 15.6 Å². The smallest absolute Gasteiger partial charge is 0.343 e. The first-order valence-corrected chi connectivity index (χ1v) is 10.4. The average Bonchev–Trinajstić information content (AvgIpc) is 2.77. The fraction of sp³-hybridized carbons (Fsp3) is 0.0833. The molecule has 0 aromatic heterocycles. The molecule has 0 atom stereocenters. The van der Waals surface area contributed by atoms with Crippen molar-refractivity contribution in [3.63, 3.8) is 0 Å². The number of nitrogens with zero attached hydrogens (tertiary/aromatic N) is 1. The third-order valence-corrected chi connectivity index (χ3v) is 4.91. The number of carbonyl (C=O) groups is 3. The summed E-state index contributed by atoms with van der Waals surface area (Å²) in [5, 5.41) is 6.34. The van der Waals surface area contributed by atoms with Crippen LogP contribution in [0.3, 0.4) is 0 Å². The second kappa shape index (κ2) is 10.5. The quantitative estimate of drug-likeness (QED) is 0.181. The first-order chi connectivity index (χ1) is 15.3. The summed E-state index contributed by atoms with van der Waals surface area (Å²) in [6.45, 7) is 3.74. The van der Waals surface area contributed by atoms with Crippen LogP contribution < -0.4 is 15.5 Å². The molecule has 3 rings (SSSR count). The lowest BCUT2D eigenvalue weighted by atomic mass is 10.1. The predicted octanol–water partition coefficient (Wildman–Crippen LogP) is 4.37. The van der Waals surface area contributed by atoms with E-state index in [-0.39, 0.29) is 5.75 Å². The summed E-state index contributed by atoms with van der Waals surface area (Å²) < 4.78 is 6.32. The van der Waals surface area contributed by atoms with Crippen molar-refractivity contribution in [2.75, 3.05) is 5.32 Å². The Kier molecular flexibility index (Phi) is 7.51. The lowest BCUT2D eigenvalue weighted by molar-refractivity contribution is -0.136. The molecule has 162 valence electrons. The van der Waals surface area contributed by atoms with Gasteiger partial charge in [-0.25, -0.2) is 10.2 Å². The van der Waals surface area contributed by atoms with Crippen LogP contribution in [0, 0.1) is 13.8 Å². The van der Waals surface area contributed by atoms with Gasteiger partial charge in [0, 0.05) is 15.7 Å². The van der Waals surface area contributed by atoms with Gasteiger partial charge in [-0.2, -0.15) is 5.10 Å². The second-order valence-corrected chi connectivity index (χ2v) is 7.82. The zero-order valence-corrected chi connectivity index (χ0v) is 19.0. The standard InChI is InChI=1S/C24H20BrN3O4/c1-15-7-9-17(10-8-15)24(31)32-21-6-4-3-5-18(21)14-26-28-23(30)22(29)27-20-12-11-19(25)13-16(20)2/h3-14H,1-2H3,(H,27,29)(H,28,30). The Morgan fingerprint density at radius 1 is 0.938 bits per heavy atom. The molecule has 2 amide bonds. The molecular weight excluding hydrogens is 474 g/mol. The third kappa shape index (κ3) is 6.12. The summed E-state index contributed by atoms with van der Waals surface area (Å²) in [5.41, 5.74) is 5.39. The molecule has 3 aromatic carbocycles. The summed E-state index contributed by atoms with van der Waals surface area (Å²) >= 11 is 3.34. The summed E-state index contributed by atoms with van der Waals surface area (Å²) in [5.74, 6) is -2.03. The Hall–Kier alpha value is -3.78. The summed E-state index contributed by atoms with van der Waals surface area (Å²) in [4.78, 5) is 36.5. The number of anilines is 1. The van der Waals surface area contributed by atoms with Gasteiger partial charge in [-0.1, -0.05) is 45.8 Å². The van der Waals surface area contributed by atoms with Crippen molar-refractivity contribution in [3.8, 4) is 5.75 Å². The first-order valence-electron chi connectivity index (χ1n) is 9.62. The van der Waals surface area contributed by atoms with Crippen LogP contribution in [0.4, 0.5) is 5.69 Å². The fourth-order valence-corrected chi connectivity index (χ4v) is 3.16. The van der Waals surface area contributed by atoms with Gasteiger partial charge in [0.15, 0.2) is 0 Å². The predicted molar refractivity (Wildman–Crippen MR) is 126 cm³/mol. The van der Waals surface area contributed by atoms with Crippen molar-refractivity contribution in [2.45, 2.75) is 13.8 Å². The maximum atomic E-state index is 12.4. The molecule has 0 fully saturated rings. The number of ether oxygens (including phenoxy) is 1. The molecule has 0 saturated heterocycles. The van der Waals surface area contributed by atoms with Gasteiger partial charge in [0.05, 0.1) is 11.8 Å². The Morgan fingerprint density at radius 2 is 1.66 bits per heavy atom. The van der Waals surface area contributed by atoms with Crippen LogP contribution in [0.5, 0.6) is 5.75 Å². The molecule has 0 unspecified atom stereocenters. The molecular formula is C24H20BrN3O4. The highest BCUT2D eigenvalue weighted by Gasteiger charge is 2.14. The third-order valence-electron chi connectivity index (χ3n) is 4.42. The van der Waals surface area contributed by atoms with Crippen molar-refractivity contribution in [1.82, 2.24) is 5.43 Å². The highest BCUT2D eigenvalue weighted by Crippen LogP contribution is 2.20. The van der Waals surface area contributed by atoms with Gasteiger partial charge in [-0.05, 0) is 61.9 Å². The van der Waals surface area contributed by atoms with Crippen molar-refractivity contribution in [1.29, 1.82) is 0 Å². The van der Waals surface area contributed by atoms with E-state index in [4.69, 9.17) is 4.74 Å². The summed E-state index contributed by atoms with van der Waals surface area (Å²) in [6.07, 6.45) is 1.30. The van der Waals surface area contributed by atoms with E-state index in [2.05, 4.69) is 31.8 Å². The van der Waals surface area contributed by atoms with Crippen LogP contribution in [0.25, 0.3) is 0 Å². The molecule has 0 spiro atoms. The summed E-state index contributed by atoms with van der Waals surface area (Å²) in [7, 11) is 0. The maximum Gasteiger partial charge on any atom is 0.343 e. The molecule has 2 N–H and O–H groups in total. The maximum absolute atomic E-state index is 12.4. The Balaban J connectivity index is 1.62. The number of aryl methyl sites for hydroxylation is 2. The Bertz CT molecular complexity index is 1190. The fourth-order valence-electron chi connectivity index (χ4n) is 2.69. The van der Waals surface area contributed by atoms with Crippen molar-refractivity contribution < 1.29 is 19.1 Å². The lowest BCUT2D eigenvalue weighted by Crippen LogP contribution is -2.32. The minimum Gasteiger partial charge on any atom is -0.422 e. The van der Waals surface area contributed by atoms with Crippen LogP contribution in [-0.4, -0.2) is 24.0 Å². The van der Waals surface area contributed by atoms with E-state index in [1.54, 1.807) is 48.5 Å². The minimum absolute atomic E-state index is 0.269. The largest absolute Gasteiger partial charge is 0.422 e. The van der Waals surface area contributed by atoms with Gasteiger partial charge in [0.1, 0.15) is 5.75 Å². The van der Waals surface area contributed by atoms with E-state index in [1.165, 1.54) is 6.21 Å². The number of rotatable bonds is 5. The van der Waals surface area contributed by atoms with E-state index in [9.17, 15) is 14.4 Å². The van der Waals surface area contributed by atoms with Crippen LogP contribution >= 0.6 is 15.9 Å². The van der Waals surface area contributed by atoms with E-state index in [1.807, 2.05) is 32.0 Å². The number of hydrazone groups is 1. The SMILES string of the molecule is Cc1ccc(C(=O)Oc2ccccc2C=NNC(=O)C(=O)Nc2ccc(Br)cc2C)cc1. The summed E-state index contributed by atoms with van der Waals surface area (Å²) in [6, 6.07) is 19.0. The number of carbonyl (C=O) groups excluding carboxylic acids is 3. The van der Waals surface area contributed by atoms with Gasteiger partial charge in [-0.15, -0.1) is 0 Å². The van der Waals surface area contributed by atoms with Gasteiger partial charge in [0.25, 0.3) is 0 Å². The van der Waals surface area contributed by atoms with Crippen molar-refractivity contribution in [3.05, 3.63) is 93.5 Å². The molecule has 0 aliphatic rings. The number of benzene rings is 3. The number of hydrogen-bond acceptors (Lipinski definition) is 5. The molecule has 7 nitrogen and oxygen atoms in total. The van der Waals surface area contributed by atoms with Gasteiger partial charge < -0.3 is 10.1 Å². The second-order valence-electron chi connectivity index (χ2n) is 6.91. The molecule has 32 heavy (non-hydrogen) atoms. The van der Waals surface area contributed by atoms with Crippen LogP contribution in [0.1, 0.15) is 27.0 Å². The van der Waals surface area contributed by atoms with E-state index < -0.39 is 17.8 Å². The molecule has 0 saturated carbocycles. The molecule has 8 heteroatoms. The number of esters is 1. The van der Waals surface area contributed by atoms with Crippen LogP contribution in [0.2, 0.25) is 0 Å². The number of hydrogen-bond donors (Lipinski definition) is 2. The molecule has 0 aliphatic carbocycles. The molecule has 0 bridgehead atoms.